The summed E-state index contributed by atoms with van der Waals surface area (Å²) < 4.78 is 106. The average Bonchev–Trinajstić information content (AvgIpc) is 2.69. The van der Waals surface area contributed by atoms with Crippen molar-refractivity contribution < 1.29 is 59.6 Å². The predicted molar refractivity (Wildman–Crippen MR) is 90.8 cm³/mol. The topological polar surface area (TPSA) is 0 Å². The first-order valence-corrected chi connectivity index (χ1v) is 7.93. The van der Waals surface area contributed by atoms with Crippen molar-refractivity contribution in [3.05, 3.63) is 108 Å². The van der Waals surface area contributed by atoms with E-state index in [0.717, 1.165) is 18.2 Å². The number of hydrogen-bond acceptors (Lipinski definition) is 0. The molecule has 0 atom stereocenters. The molecule has 0 amide bonds. The molecule has 0 N–H and O–H groups in total. The fourth-order valence-electron chi connectivity index (χ4n) is 1.71. The van der Waals surface area contributed by atoms with E-state index in [9.17, 15) is 39.5 Å². The first kappa shape index (κ1) is 28.7. The Morgan fingerprint density at radius 3 is 0.742 bits per heavy atom. The summed E-state index contributed by atoms with van der Waals surface area (Å²) in [5, 5.41) is 0. The van der Waals surface area contributed by atoms with Crippen LogP contribution in [0.2, 0.25) is 0 Å². The minimum Gasteiger partial charge on any atom is -0.176 e. The molecule has 0 spiro atoms. The molecule has 0 aliphatic carbocycles. The van der Waals surface area contributed by atoms with Crippen LogP contribution in [0.3, 0.4) is 0 Å². The molecular weight excluding hydrogens is 615 g/mol. The minimum atomic E-state index is -4.26. The van der Waals surface area contributed by atoms with Gasteiger partial charge in [-0.25, -0.2) is 0 Å². The third kappa shape index (κ3) is 11.6. The first-order valence-electron chi connectivity index (χ1n) is 7.93. The van der Waals surface area contributed by atoms with E-state index < -0.39 is 35.2 Å². The summed E-state index contributed by atoms with van der Waals surface area (Å²) in [6.07, 6.45) is -12.8. The Labute approximate surface area is 186 Å². The van der Waals surface area contributed by atoms with E-state index in [4.69, 9.17) is 0 Å². The van der Waals surface area contributed by atoms with E-state index >= 15 is 0 Å². The Hall–Kier alpha value is -2.32. The molecular formula is C21H12F9Ir. The van der Waals surface area contributed by atoms with E-state index in [-0.39, 0.29) is 20.1 Å². The molecule has 0 unspecified atom stereocenters. The molecule has 0 nitrogen and oxygen atoms in total. The van der Waals surface area contributed by atoms with Crippen LogP contribution in [0, 0.1) is 18.2 Å². The number of rotatable bonds is 0. The fourth-order valence-corrected chi connectivity index (χ4v) is 1.71. The Morgan fingerprint density at radius 1 is 0.419 bits per heavy atom. The first-order chi connectivity index (χ1) is 13.8. The van der Waals surface area contributed by atoms with E-state index in [1.807, 2.05) is 0 Å². The molecule has 0 aromatic heterocycles. The summed E-state index contributed by atoms with van der Waals surface area (Å²) in [6, 6.07) is 21.4. The molecule has 3 aromatic rings. The molecule has 0 radical (unpaired) electrons. The van der Waals surface area contributed by atoms with Crippen LogP contribution in [0.15, 0.2) is 72.8 Å². The maximum Gasteiger partial charge on any atom is 3.00 e. The van der Waals surface area contributed by atoms with Crippen LogP contribution in [0.5, 0.6) is 0 Å². The van der Waals surface area contributed by atoms with Gasteiger partial charge in [-0.3, -0.25) is 0 Å². The maximum atomic E-state index is 11.8. The standard InChI is InChI=1S/3C7H4F3.Ir/c3*8-7(9,10)6-4-2-1-3-5-6;/h3*1-4H;/q3*-1;+3. The van der Waals surface area contributed by atoms with Gasteiger partial charge in [-0.15, -0.1) is 0 Å². The van der Waals surface area contributed by atoms with Crippen molar-refractivity contribution in [3.8, 4) is 0 Å². The van der Waals surface area contributed by atoms with Crippen molar-refractivity contribution >= 4 is 0 Å². The van der Waals surface area contributed by atoms with Gasteiger partial charge >= 0.3 is 38.6 Å². The van der Waals surface area contributed by atoms with Crippen LogP contribution in [-0.2, 0) is 38.6 Å². The van der Waals surface area contributed by atoms with Crippen molar-refractivity contribution in [2.45, 2.75) is 18.5 Å². The van der Waals surface area contributed by atoms with E-state index in [1.165, 1.54) is 54.6 Å². The zero-order valence-corrected chi connectivity index (χ0v) is 17.6. The second-order valence-electron chi connectivity index (χ2n) is 5.32. The van der Waals surface area contributed by atoms with Gasteiger partial charge in [-0.05, 0) is 0 Å². The van der Waals surface area contributed by atoms with Gasteiger partial charge in [0.05, 0.1) is 0 Å². The minimum absolute atomic E-state index is 0. The van der Waals surface area contributed by atoms with Crippen molar-refractivity contribution in [2.24, 2.45) is 0 Å². The monoisotopic (exact) mass is 628 g/mol. The van der Waals surface area contributed by atoms with Gasteiger partial charge in [-0.2, -0.15) is 131 Å². The summed E-state index contributed by atoms with van der Waals surface area (Å²) in [6.45, 7) is 0. The molecule has 0 aliphatic rings. The van der Waals surface area contributed by atoms with Crippen LogP contribution in [0.1, 0.15) is 16.7 Å². The van der Waals surface area contributed by atoms with Crippen LogP contribution >= 0.6 is 0 Å². The molecule has 0 bridgehead atoms. The summed E-state index contributed by atoms with van der Waals surface area (Å²) in [7, 11) is 0. The third-order valence-corrected chi connectivity index (χ3v) is 3.04. The van der Waals surface area contributed by atoms with Crippen LogP contribution in [0.25, 0.3) is 0 Å². The van der Waals surface area contributed by atoms with Gasteiger partial charge in [0.25, 0.3) is 0 Å². The largest absolute Gasteiger partial charge is 3.00 e. The third-order valence-electron chi connectivity index (χ3n) is 3.04. The van der Waals surface area contributed by atoms with E-state index in [0.29, 0.717) is 0 Å². The zero-order chi connectivity index (χ0) is 22.8. The van der Waals surface area contributed by atoms with Crippen molar-refractivity contribution in [1.29, 1.82) is 0 Å². The molecule has 3 aromatic carbocycles. The molecule has 10 heteroatoms. The average molecular weight is 628 g/mol. The van der Waals surface area contributed by atoms with Crippen LogP contribution in [-0.4, -0.2) is 0 Å². The smallest absolute Gasteiger partial charge is 0.176 e. The number of halogens is 9. The molecule has 0 heterocycles. The molecule has 0 aliphatic heterocycles. The SMILES string of the molecule is FC(F)(F)c1[c-]cccc1.FC(F)(F)c1[c-]cccc1.FC(F)(F)c1[c-]cccc1.[Ir+3]. The summed E-state index contributed by atoms with van der Waals surface area (Å²) in [4.78, 5) is 0. The second-order valence-corrected chi connectivity index (χ2v) is 5.32. The van der Waals surface area contributed by atoms with Gasteiger partial charge in [0.1, 0.15) is 0 Å². The molecule has 3 rings (SSSR count). The Bertz CT molecular complexity index is 724. The normalized spacial score (nSPS) is 11.1. The number of alkyl halides is 9. The van der Waals surface area contributed by atoms with Crippen molar-refractivity contribution in [2.75, 3.05) is 0 Å². The molecule has 0 saturated heterocycles. The summed E-state index contributed by atoms with van der Waals surface area (Å²) >= 11 is 0. The fraction of sp³-hybridized carbons (Fsp3) is 0.143. The molecule has 0 fully saturated rings. The van der Waals surface area contributed by atoms with Gasteiger partial charge < -0.3 is 0 Å². The number of benzene rings is 3. The van der Waals surface area contributed by atoms with Gasteiger partial charge in [0, 0.05) is 0 Å². The number of hydrogen-bond donors (Lipinski definition) is 0. The molecule has 168 valence electrons. The van der Waals surface area contributed by atoms with Gasteiger partial charge in [-0.1, -0.05) is 16.7 Å². The van der Waals surface area contributed by atoms with E-state index in [2.05, 4.69) is 18.2 Å². The molecule has 31 heavy (non-hydrogen) atoms. The van der Waals surface area contributed by atoms with Crippen molar-refractivity contribution in [1.82, 2.24) is 0 Å². The van der Waals surface area contributed by atoms with Gasteiger partial charge in [0.2, 0.25) is 0 Å². The zero-order valence-electron chi connectivity index (χ0n) is 15.2. The van der Waals surface area contributed by atoms with Crippen LogP contribution < -0.4 is 0 Å². The van der Waals surface area contributed by atoms with Crippen LogP contribution in [0.4, 0.5) is 39.5 Å². The Kier molecular flexibility index (Phi) is 11.6. The quantitative estimate of drug-likeness (QED) is 0.179. The maximum absolute atomic E-state index is 11.8. The Balaban J connectivity index is 0.000000429. The predicted octanol–water partition coefficient (Wildman–Crippen LogP) is 7.51. The Morgan fingerprint density at radius 2 is 0.645 bits per heavy atom. The van der Waals surface area contributed by atoms with E-state index in [1.54, 1.807) is 0 Å². The van der Waals surface area contributed by atoms with Gasteiger partial charge in [0.15, 0.2) is 0 Å². The molecule has 0 saturated carbocycles. The summed E-state index contributed by atoms with van der Waals surface area (Å²) in [5.41, 5.74) is -2.18. The second kappa shape index (κ2) is 12.5. The summed E-state index contributed by atoms with van der Waals surface area (Å²) in [5.74, 6) is 0. The van der Waals surface area contributed by atoms with Crippen molar-refractivity contribution in [3.63, 3.8) is 0 Å².